The minimum absolute atomic E-state index is 0.0662. The van der Waals surface area contributed by atoms with Crippen molar-refractivity contribution in [3.63, 3.8) is 0 Å². The Kier molecular flexibility index (Phi) is 6.71. The van der Waals surface area contributed by atoms with Gasteiger partial charge in [0.05, 0.1) is 30.7 Å². The Morgan fingerprint density at radius 2 is 2.14 bits per heavy atom. The number of pyridine rings is 1. The average molecular weight is 491 g/mol. The van der Waals surface area contributed by atoms with Crippen LogP contribution in [0.2, 0.25) is 0 Å². The number of nitrogens with zero attached hydrogens (tertiary/aromatic N) is 8. The van der Waals surface area contributed by atoms with E-state index in [2.05, 4.69) is 25.4 Å². The predicted molar refractivity (Wildman–Crippen MR) is 127 cm³/mol. The molecule has 0 N–H and O–H groups in total. The van der Waals surface area contributed by atoms with Crippen molar-refractivity contribution in [2.75, 3.05) is 32.8 Å². The fourth-order valence-electron chi connectivity index (χ4n) is 5.05. The minimum Gasteiger partial charge on any atom is -0.370 e. The molecule has 2 aliphatic rings. The van der Waals surface area contributed by atoms with E-state index in [1.165, 1.54) is 17.1 Å². The van der Waals surface area contributed by atoms with Gasteiger partial charge in [0.1, 0.15) is 18.2 Å². The van der Waals surface area contributed by atoms with Crippen LogP contribution in [-0.4, -0.2) is 79.7 Å². The smallest absolute Gasteiger partial charge is 0.227 e. The van der Waals surface area contributed by atoms with E-state index in [0.717, 1.165) is 29.7 Å². The highest BCUT2D eigenvalue weighted by atomic mass is 19.1. The monoisotopic (exact) mass is 490 g/mol. The first-order chi connectivity index (χ1) is 17.5. The van der Waals surface area contributed by atoms with E-state index >= 15 is 0 Å². The molecule has 2 unspecified atom stereocenters. The molecule has 2 aliphatic heterocycles. The quantitative estimate of drug-likeness (QED) is 0.532. The number of ether oxygens (including phenoxy) is 1. The van der Waals surface area contributed by atoms with Gasteiger partial charge in [-0.1, -0.05) is 13.0 Å². The van der Waals surface area contributed by atoms with Gasteiger partial charge in [-0.2, -0.15) is 9.94 Å². The summed E-state index contributed by atoms with van der Waals surface area (Å²) >= 11 is 0. The Morgan fingerprint density at radius 1 is 1.28 bits per heavy atom. The summed E-state index contributed by atoms with van der Waals surface area (Å²) in [6.07, 6.45) is 4.05. The number of carbonyl (C=O) groups excluding carboxylic acids is 1. The Balaban J connectivity index is 1.23. The Bertz CT molecular complexity index is 1310. The van der Waals surface area contributed by atoms with Gasteiger partial charge in [-0.15, -0.1) is 5.10 Å². The minimum atomic E-state index is -0.508. The Hall–Kier alpha value is -3.75. The number of benzene rings is 1. The maximum atomic E-state index is 13.9. The summed E-state index contributed by atoms with van der Waals surface area (Å²) in [6.45, 7) is 6.88. The molecule has 2 fully saturated rings. The van der Waals surface area contributed by atoms with Crippen molar-refractivity contribution >= 4 is 5.91 Å². The first-order valence-electron chi connectivity index (χ1n) is 12.0. The van der Waals surface area contributed by atoms with Crippen LogP contribution in [0.15, 0.2) is 30.7 Å². The number of morpholine rings is 1. The van der Waals surface area contributed by atoms with Crippen molar-refractivity contribution in [1.29, 1.82) is 5.26 Å². The van der Waals surface area contributed by atoms with Gasteiger partial charge in [0.15, 0.2) is 5.82 Å². The zero-order valence-corrected chi connectivity index (χ0v) is 20.3. The van der Waals surface area contributed by atoms with Crippen LogP contribution in [0.5, 0.6) is 0 Å². The fourth-order valence-corrected chi connectivity index (χ4v) is 5.05. The summed E-state index contributed by atoms with van der Waals surface area (Å²) < 4.78 is 21.6. The third-order valence-corrected chi connectivity index (χ3v) is 7.14. The normalized spacial score (nSPS) is 20.1. The predicted octanol–water partition coefficient (Wildman–Crippen LogP) is 1.77. The van der Waals surface area contributed by atoms with Crippen LogP contribution >= 0.6 is 0 Å². The molecule has 1 aromatic carbocycles. The van der Waals surface area contributed by atoms with E-state index in [1.807, 2.05) is 24.0 Å². The molecule has 4 heterocycles. The molecular formula is C25H27FN8O2. The molecule has 3 aromatic rings. The maximum absolute atomic E-state index is 13.9. The van der Waals surface area contributed by atoms with Crippen LogP contribution in [0, 0.1) is 24.1 Å². The van der Waals surface area contributed by atoms with Crippen LogP contribution in [-0.2, 0) is 22.4 Å². The second kappa shape index (κ2) is 10.1. The second-order valence-electron chi connectivity index (χ2n) is 9.15. The first-order valence-corrected chi connectivity index (χ1v) is 12.0. The third kappa shape index (κ3) is 4.57. The Morgan fingerprint density at radius 3 is 2.89 bits per heavy atom. The lowest BCUT2D eigenvalue weighted by Crippen LogP contribution is -2.59. The van der Waals surface area contributed by atoms with Crippen molar-refractivity contribution in [1.82, 2.24) is 35.0 Å². The SMILES string of the molecule is CCc1cc(-n2cnnn2)ncc1CC(=O)N1CCN2CC(c3ccc(F)c(C#N)c3C)OCC2C1. The molecule has 0 saturated carbocycles. The van der Waals surface area contributed by atoms with Crippen molar-refractivity contribution in [2.45, 2.75) is 38.8 Å². The number of fused-ring (bicyclic) bond motifs is 1. The number of amides is 1. The molecule has 2 aromatic heterocycles. The first kappa shape index (κ1) is 24.0. The van der Waals surface area contributed by atoms with Gasteiger partial charge in [0.2, 0.25) is 5.91 Å². The van der Waals surface area contributed by atoms with Gasteiger partial charge in [0, 0.05) is 32.4 Å². The maximum Gasteiger partial charge on any atom is 0.227 e. The molecule has 2 atom stereocenters. The largest absolute Gasteiger partial charge is 0.370 e. The molecule has 11 heteroatoms. The number of aromatic nitrogens is 5. The molecule has 0 aliphatic carbocycles. The van der Waals surface area contributed by atoms with Crippen molar-refractivity contribution < 1.29 is 13.9 Å². The molecule has 1 amide bonds. The number of nitriles is 1. The van der Waals surface area contributed by atoms with E-state index in [0.29, 0.717) is 37.6 Å². The summed E-state index contributed by atoms with van der Waals surface area (Å²) in [4.78, 5) is 21.9. The van der Waals surface area contributed by atoms with Crippen LogP contribution in [0.4, 0.5) is 4.39 Å². The number of halogens is 1. The van der Waals surface area contributed by atoms with Crippen LogP contribution in [0.1, 0.15) is 40.8 Å². The molecule has 0 bridgehead atoms. The lowest BCUT2D eigenvalue weighted by atomic mass is 9.96. The second-order valence-corrected chi connectivity index (χ2v) is 9.15. The summed E-state index contributed by atoms with van der Waals surface area (Å²) in [5.74, 6) is 0.177. The number of tetrazole rings is 1. The highest BCUT2D eigenvalue weighted by molar-refractivity contribution is 5.79. The van der Waals surface area contributed by atoms with Crippen molar-refractivity contribution in [3.8, 4) is 11.9 Å². The number of hydrogen-bond donors (Lipinski definition) is 0. The number of carbonyl (C=O) groups is 1. The molecule has 0 spiro atoms. The van der Waals surface area contributed by atoms with Gasteiger partial charge < -0.3 is 9.64 Å². The van der Waals surface area contributed by atoms with Crippen molar-refractivity contribution in [3.05, 3.63) is 64.4 Å². The zero-order chi connectivity index (χ0) is 25.2. The Labute approximate surface area is 208 Å². The lowest BCUT2D eigenvalue weighted by molar-refractivity contribution is -0.139. The van der Waals surface area contributed by atoms with E-state index in [-0.39, 0.29) is 30.0 Å². The van der Waals surface area contributed by atoms with E-state index in [9.17, 15) is 14.4 Å². The number of rotatable bonds is 5. The van der Waals surface area contributed by atoms with Gasteiger partial charge in [0.25, 0.3) is 0 Å². The summed E-state index contributed by atoms with van der Waals surface area (Å²) in [5.41, 5.74) is 3.48. The van der Waals surface area contributed by atoms with Crippen molar-refractivity contribution in [2.24, 2.45) is 0 Å². The average Bonchev–Trinajstić information content (AvgIpc) is 3.44. The van der Waals surface area contributed by atoms with Gasteiger partial charge in [-0.05, 0) is 58.2 Å². The number of hydrogen-bond acceptors (Lipinski definition) is 8. The molecule has 36 heavy (non-hydrogen) atoms. The summed E-state index contributed by atoms with van der Waals surface area (Å²) in [5, 5.41) is 20.5. The zero-order valence-electron chi connectivity index (χ0n) is 20.3. The van der Waals surface area contributed by atoms with Crippen LogP contribution in [0.25, 0.3) is 5.82 Å². The molecule has 0 radical (unpaired) electrons. The molecular weight excluding hydrogens is 463 g/mol. The number of aryl methyl sites for hydroxylation is 1. The lowest BCUT2D eigenvalue weighted by Gasteiger charge is -2.46. The van der Waals surface area contributed by atoms with E-state index < -0.39 is 5.82 Å². The molecule has 5 rings (SSSR count). The van der Waals surface area contributed by atoms with Gasteiger partial charge in [-0.3, -0.25) is 9.69 Å². The highest BCUT2D eigenvalue weighted by Crippen LogP contribution is 2.31. The summed E-state index contributed by atoms with van der Waals surface area (Å²) in [6, 6.07) is 7.01. The third-order valence-electron chi connectivity index (χ3n) is 7.14. The van der Waals surface area contributed by atoms with E-state index in [4.69, 9.17) is 4.74 Å². The van der Waals surface area contributed by atoms with Gasteiger partial charge in [-0.25, -0.2) is 9.37 Å². The molecule has 2 saturated heterocycles. The highest BCUT2D eigenvalue weighted by Gasteiger charge is 2.36. The van der Waals surface area contributed by atoms with Gasteiger partial charge >= 0.3 is 0 Å². The molecule has 186 valence electrons. The van der Waals surface area contributed by atoms with Crippen LogP contribution < -0.4 is 0 Å². The number of piperazine rings is 1. The topological polar surface area (TPSA) is 113 Å². The van der Waals surface area contributed by atoms with E-state index in [1.54, 1.807) is 19.2 Å². The fraction of sp³-hybridized carbons (Fsp3) is 0.440. The molecule has 10 nitrogen and oxygen atoms in total. The summed E-state index contributed by atoms with van der Waals surface area (Å²) in [7, 11) is 0. The standard InChI is InChI=1S/C25H27FN8O2/c1-3-17-8-24(34-15-29-30-31-34)28-11-18(17)9-25(35)33-7-6-32-13-23(36-14-19(32)12-33)20-4-5-22(26)21(10-27)16(20)2/h4-5,8,11,15,19,23H,3,6-7,9,12-14H2,1-2H3. The van der Waals surface area contributed by atoms with Crippen LogP contribution in [0.3, 0.4) is 0 Å².